The van der Waals surface area contributed by atoms with Gasteiger partial charge < -0.3 is 15.7 Å². The third-order valence-corrected chi connectivity index (χ3v) is 3.17. The van der Waals surface area contributed by atoms with Gasteiger partial charge in [0, 0.05) is 30.9 Å². The summed E-state index contributed by atoms with van der Waals surface area (Å²) in [5.41, 5.74) is 3.10. The summed E-state index contributed by atoms with van der Waals surface area (Å²) in [4.78, 5) is 8.88. The molecule has 2 heterocycles. The smallest absolute Gasteiger partial charge is 0.227 e. The van der Waals surface area contributed by atoms with E-state index in [1.165, 1.54) is 5.56 Å². The average molecular weight is 256 g/mol. The van der Waals surface area contributed by atoms with Crippen LogP contribution >= 0.6 is 0 Å². The van der Waals surface area contributed by atoms with Crippen molar-refractivity contribution < 1.29 is 5.11 Å². The molecule has 0 saturated carbocycles. The molecule has 1 aromatic carbocycles. The molecule has 0 unspecified atom stereocenters. The number of hydrogen-bond donors (Lipinski definition) is 3. The average Bonchev–Trinajstić information content (AvgIpc) is 2.63. The second-order valence-electron chi connectivity index (χ2n) is 4.59. The quantitative estimate of drug-likeness (QED) is 0.761. The van der Waals surface area contributed by atoms with Crippen molar-refractivity contribution in [1.82, 2.24) is 15.3 Å². The summed E-state index contributed by atoms with van der Waals surface area (Å²) in [7, 11) is 0. The minimum atomic E-state index is 0.226. The second-order valence-corrected chi connectivity index (χ2v) is 4.59. The van der Waals surface area contributed by atoms with Crippen molar-refractivity contribution in [3.8, 4) is 5.75 Å². The maximum atomic E-state index is 9.43. The van der Waals surface area contributed by atoms with Gasteiger partial charge in [-0.3, -0.25) is 0 Å². The molecule has 19 heavy (non-hydrogen) atoms. The van der Waals surface area contributed by atoms with Crippen LogP contribution in [0.15, 0.2) is 30.5 Å². The van der Waals surface area contributed by atoms with Gasteiger partial charge in [0.05, 0.1) is 5.69 Å². The molecule has 5 heteroatoms. The first-order valence-electron chi connectivity index (χ1n) is 6.43. The fourth-order valence-corrected chi connectivity index (χ4v) is 2.20. The monoisotopic (exact) mass is 256 g/mol. The zero-order valence-electron chi connectivity index (χ0n) is 10.6. The summed E-state index contributed by atoms with van der Waals surface area (Å²) in [6.45, 7) is 1.94. The van der Waals surface area contributed by atoms with Crippen LogP contribution in [0.2, 0.25) is 0 Å². The molecular weight excluding hydrogens is 240 g/mol. The van der Waals surface area contributed by atoms with E-state index < -0.39 is 0 Å². The molecule has 0 atom stereocenters. The predicted octanol–water partition coefficient (Wildman–Crippen LogP) is 1.61. The first-order valence-corrected chi connectivity index (χ1v) is 6.43. The number of hydrogen-bond acceptors (Lipinski definition) is 5. The highest BCUT2D eigenvalue weighted by atomic mass is 16.3. The van der Waals surface area contributed by atoms with E-state index in [9.17, 15) is 5.11 Å². The largest absolute Gasteiger partial charge is 0.508 e. The van der Waals surface area contributed by atoms with Gasteiger partial charge in [0.15, 0.2) is 0 Å². The van der Waals surface area contributed by atoms with Crippen LogP contribution in [0.25, 0.3) is 0 Å². The van der Waals surface area contributed by atoms with Crippen LogP contribution in [0.1, 0.15) is 11.3 Å². The Kier molecular flexibility index (Phi) is 3.29. The molecule has 1 aliphatic rings. The number of benzene rings is 1. The Balaban J connectivity index is 1.84. The zero-order chi connectivity index (χ0) is 13.1. The number of phenols is 1. The number of aromatic hydroxyl groups is 1. The number of nitrogens with zero attached hydrogens (tertiary/aromatic N) is 2. The fraction of sp³-hybridized carbons (Fsp3) is 0.286. The summed E-state index contributed by atoms with van der Waals surface area (Å²) in [6.07, 6.45) is 3.79. The summed E-state index contributed by atoms with van der Waals surface area (Å²) < 4.78 is 0. The van der Waals surface area contributed by atoms with Gasteiger partial charge in [0.1, 0.15) is 5.75 Å². The standard InChI is InChI=1S/C14H16N4O/c19-12-3-1-2-11(8-12)17-14-16-9-10-4-6-15-7-5-13(10)18-14/h1-3,8-9,15,19H,4-7H2,(H,16,17,18). The lowest BCUT2D eigenvalue weighted by Crippen LogP contribution is -2.16. The lowest BCUT2D eigenvalue weighted by molar-refractivity contribution is 0.475. The van der Waals surface area contributed by atoms with Gasteiger partial charge in [-0.25, -0.2) is 9.97 Å². The van der Waals surface area contributed by atoms with Crippen LogP contribution in [0.4, 0.5) is 11.6 Å². The molecule has 0 amide bonds. The van der Waals surface area contributed by atoms with Gasteiger partial charge in [-0.2, -0.15) is 0 Å². The minimum Gasteiger partial charge on any atom is -0.508 e. The maximum Gasteiger partial charge on any atom is 0.227 e. The molecule has 1 aromatic heterocycles. The van der Waals surface area contributed by atoms with E-state index in [0.29, 0.717) is 5.95 Å². The normalized spacial score (nSPS) is 14.5. The number of nitrogens with one attached hydrogen (secondary N) is 2. The molecular formula is C14H16N4O. The lowest BCUT2D eigenvalue weighted by atomic mass is 10.1. The highest BCUT2D eigenvalue weighted by Crippen LogP contribution is 2.19. The predicted molar refractivity (Wildman–Crippen MR) is 73.7 cm³/mol. The second kappa shape index (κ2) is 5.24. The van der Waals surface area contributed by atoms with E-state index in [1.807, 2.05) is 12.3 Å². The van der Waals surface area contributed by atoms with E-state index in [2.05, 4.69) is 20.6 Å². The Morgan fingerprint density at radius 3 is 3.00 bits per heavy atom. The SMILES string of the molecule is Oc1cccc(Nc2ncc3c(n2)CCNCC3)c1. The molecule has 5 nitrogen and oxygen atoms in total. The van der Waals surface area contributed by atoms with Gasteiger partial charge in [0.25, 0.3) is 0 Å². The molecule has 0 spiro atoms. The Bertz CT molecular complexity index is 585. The Hall–Kier alpha value is -2.14. The fourth-order valence-electron chi connectivity index (χ4n) is 2.20. The van der Waals surface area contributed by atoms with Gasteiger partial charge >= 0.3 is 0 Å². The highest BCUT2D eigenvalue weighted by Gasteiger charge is 2.10. The van der Waals surface area contributed by atoms with E-state index in [0.717, 1.165) is 37.3 Å². The molecule has 98 valence electrons. The molecule has 0 bridgehead atoms. The van der Waals surface area contributed by atoms with Crippen LogP contribution in [0.3, 0.4) is 0 Å². The van der Waals surface area contributed by atoms with Gasteiger partial charge in [0.2, 0.25) is 5.95 Å². The van der Waals surface area contributed by atoms with Crippen LogP contribution in [0.5, 0.6) is 5.75 Å². The van der Waals surface area contributed by atoms with Crippen LogP contribution in [-0.2, 0) is 12.8 Å². The maximum absolute atomic E-state index is 9.43. The number of anilines is 2. The molecule has 1 aliphatic heterocycles. The Labute approximate surface area is 111 Å². The molecule has 2 aromatic rings. The number of fused-ring (bicyclic) bond motifs is 1. The van der Waals surface area contributed by atoms with Crippen molar-refractivity contribution >= 4 is 11.6 Å². The third kappa shape index (κ3) is 2.82. The topological polar surface area (TPSA) is 70.1 Å². The van der Waals surface area contributed by atoms with Crippen molar-refractivity contribution in [2.75, 3.05) is 18.4 Å². The molecule has 0 radical (unpaired) electrons. The minimum absolute atomic E-state index is 0.226. The number of aromatic nitrogens is 2. The van der Waals surface area contributed by atoms with E-state index in [1.54, 1.807) is 18.2 Å². The van der Waals surface area contributed by atoms with Crippen molar-refractivity contribution in [2.24, 2.45) is 0 Å². The highest BCUT2D eigenvalue weighted by molar-refractivity contribution is 5.55. The first kappa shape index (κ1) is 11.9. The summed E-state index contributed by atoms with van der Waals surface area (Å²) in [5.74, 6) is 0.801. The summed E-state index contributed by atoms with van der Waals surface area (Å²) in [6, 6.07) is 6.94. The van der Waals surface area contributed by atoms with Crippen LogP contribution < -0.4 is 10.6 Å². The summed E-state index contributed by atoms with van der Waals surface area (Å²) >= 11 is 0. The molecule has 0 saturated heterocycles. The van der Waals surface area contributed by atoms with E-state index in [-0.39, 0.29) is 5.75 Å². The van der Waals surface area contributed by atoms with Gasteiger partial charge in [-0.15, -0.1) is 0 Å². The Morgan fingerprint density at radius 1 is 1.21 bits per heavy atom. The van der Waals surface area contributed by atoms with Gasteiger partial charge in [-0.05, 0) is 30.7 Å². The third-order valence-electron chi connectivity index (χ3n) is 3.17. The van der Waals surface area contributed by atoms with Crippen LogP contribution in [-0.4, -0.2) is 28.2 Å². The van der Waals surface area contributed by atoms with E-state index in [4.69, 9.17) is 0 Å². The van der Waals surface area contributed by atoms with Crippen molar-refractivity contribution in [1.29, 1.82) is 0 Å². The zero-order valence-corrected chi connectivity index (χ0v) is 10.6. The van der Waals surface area contributed by atoms with E-state index >= 15 is 0 Å². The molecule has 3 rings (SSSR count). The van der Waals surface area contributed by atoms with Crippen molar-refractivity contribution in [3.05, 3.63) is 41.7 Å². The molecule has 3 N–H and O–H groups in total. The van der Waals surface area contributed by atoms with Crippen LogP contribution in [0, 0.1) is 0 Å². The first-order chi connectivity index (χ1) is 9.31. The molecule has 0 aliphatic carbocycles. The Morgan fingerprint density at radius 2 is 2.11 bits per heavy atom. The number of rotatable bonds is 2. The van der Waals surface area contributed by atoms with Crippen molar-refractivity contribution in [2.45, 2.75) is 12.8 Å². The van der Waals surface area contributed by atoms with Gasteiger partial charge in [-0.1, -0.05) is 6.07 Å². The summed E-state index contributed by atoms with van der Waals surface area (Å²) in [5, 5.41) is 15.9. The lowest BCUT2D eigenvalue weighted by Gasteiger charge is -2.08. The molecule has 0 fully saturated rings. The van der Waals surface area contributed by atoms with Crippen molar-refractivity contribution in [3.63, 3.8) is 0 Å². The number of phenolic OH excluding ortho intramolecular Hbond substituents is 1.